The summed E-state index contributed by atoms with van der Waals surface area (Å²) in [5.41, 5.74) is 2.48. The molecule has 0 amide bonds. The number of nitrogens with zero attached hydrogens (tertiary/aromatic N) is 2. The second-order valence-electron chi connectivity index (χ2n) is 5.31. The van der Waals surface area contributed by atoms with E-state index in [0.29, 0.717) is 0 Å². The van der Waals surface area contributed by atoms with Gasteiger partial charge in [0.1, 0.15) is 6.04 Å². The van der Waals surface area contributed by atoms with Crippen LogP contribution in [0.5, 0.6) is 0 Å². The van der Waals surface area contributed by atoms with Crippen LogP contribution < -0.4 is 5.32 Å². The average molecular weight is 350 g/mol. The number of halogens is 2. The Labute approximate surface area is 150 Å². The number of benzene rings is 2. The minimum Gasteiger partial charge on any atom is -0.313 e. The third-order valence-electron chi connectivity index (χ3n) is 4.00. The van der Waals surface area contributed by atoms with Gasteiger partial charge < -0.3 is 5.32 Å². The van der Waals surface area contributed by atoms with Crippen molar-refractivity contribution in [2.24, 2.45) is 0 Å². The maximum Gasteiger partial charge on any atom is 0.111 e. The molecule has 0 radical (unpaired) electrons. The second kappa shape index (κ2) is 9.54. The van der Waals surface area contributed by atoms with E-state index in [0.717, 1.165) is 19.6 Å². The number of piperazine rings is 1. The van der Waals surface area contributed by atoms with Crippen molar-refractivity contribution in [3.63, 3.8) is 0 Å². The van der Waals surface area contributed by atoms with Crippen molar-refractivity contribution in [2.75, 3.05) is 19.6 Å². The summed E-state index contributed by atoms with van der Waals surface area (Å²) in [5.74, 6) is 0. The molecule has 1 aliphatic heterocycles. The minimum absolute atomic E-state index is 0. The number of hydrogen-bond acceptors (Lipinski definition) is 3. The monoisotopic (exact) mass is 349 g/mol. The topological polar surface area (TPSA) is 39.1 Å². The first-order valence-electron chi connectivity index (χ1n) is 7.36. The minimum atomic E-state index is -0.0934. The zero-order chi connectivity index (χ0) is 14.5. The largest absolute Gasteiger partial charge is 0.313 e. The molecule has 1 aliphatic rings. The van der Waals surface area contributed by atoms with E-state index in [1.54, 1.807) is 0 Å². The van der Waals surface area contributed by atoms with Crippen molar-refractivity contribution in [2.45, 2.75) is 12.1 Å². The molecule has 0 aromatic heterocycles. The van der Waals surface area contributed by atoms with Crippen LogP contribution in [-0.4, -0.2) is 30.6 Å². The molecule has 0 bridgehead atoms. The Bertz CT molecular complexity index is 574. The molecule has 1 heterocycles. The van der Waals surface area contributed by atoms with E-state index in [9.17, 15) is 5.26 Å². The van der Waals surface area contributed by atoms with Crippen molar-refractivity contribution in [3.8, 4) is 6.07 Å². The van der Waals surface area contributed by atoms with Gasteiger partial charge >= 0.3 is 0 Å². The fraction of sp³-hybridized carbons (Fsp3) is 0.278. The summed E-state index contributed by atoms with van der Waals surface area (Å²) < 4.78 is 0. The third kappa shape index (κ3) is 4.46. The fourth-order valence-electron chi connectivity index (χ4n) is 2.99. The lowest BCUT2D eigenvalue weighted by Crippen LogP contribution is -2.52. The predicted molar refractivity (Wildman–Crippen MR) is 98.2 cm³/mol. The second-order valence-corrected chi connectivity index (χ2v) is 5.31. The molecular formula is C18H21Cl2N3. The zero-order valence-corrected chi connectivity index (χ0v) is 14.4. The van der Waals surface area contributed by atoms with Gasteiger partial charge in [0.15, 0.2) is 0 Å². The lowest BCUT2D eigenvalue weighted by Gasteiger charge is -2.38. The molecule has 3 rings (SSSR count). The lowest BCUT2D eigenvalue weighted by molar-refractivity contribution is 0.158. The van der Waals surface area contributed by atoms with Crippen LogP contribution in [0.4, 0.5) is 0 Å². The molecule has 23 heavy (non-hydrogen) atoms. The maximum atomic E-state index is 9.47. The Morgan fingerprint density at radius 1 is 0.957 bits per heavy atom. The van der Waals surface area contributed by atoms with Crippen molar-refractivity contribution in [1.29, 1.82) is 5.26 Å². The normalized spacial score (nSPS) is 17.7. The summed E-state index contributed by atoms with van der Waals surface area (Å²) >= 11 is 0. The SMILES string of the molecule is Cl.Cl.N#C[C@@H]1CNCCN1C(c1ccccc1)c1ccccc1. The first-order chi connectivity index (χ1) is 10.4. The van der Waals surface area contributed by atoms with Crippen LogP contribution >= 0.6 is 24.8 Å². The Hall–Kier alpha value is -1.57. The Balaban J connectivity index is 0.00000132. The number of nitriles is 1. The standard InChI is InChI=1S/C18H19N3.2ClH/c19-13-17-14-20-11-12-21(17)18(15-7-3-1-4-8-15)16-9-5-2-6-10-16;;/h1-10,17-18,20H,11-12,14H2;2*1H/t17-;;/m1../s1. The molecule has 1 saturated heterocycles. The van der Waals surface area contributed by atoms with Gasteiger partial charge in [-0.2, -0.15) is 5.26 Å². The molecule has 2 aromatic rings. The average Bonchev–Trinajstić information content (AvgIpc) is 2.58. The molecule has 1 fully saturated rings. The van der Waals surface area contributed by atoms with E-state index in [-0.39, 0.29) is 36.9 Å². The highest BCUT2D eigenvalue weighted by molar-refractivity contribution is 5.85. The summed E-state index contributed by atoms with van der Waals surface area (Å²) in [4.78, 5) is 2.31. The first kappa shape index (κ1) is 19.5. The van der Waals surface area contributed by atoms with Crippen LogP contribution in [0, 0.1) is 11.3 Å². The first-order valence-corrected chi connectivity index (χ1v) is 7.36. The van der Waals surface area contributed by atoms with E-state index in [4.69, 9.17) is 0 Å². The van der Waals surface area contributed by atoms with E-state index >= 15 is 0 Å². The van der Waals surface area contributed by atoms with Crippen LogP contribution in [0.25, 0.3) is 0 Å². The van der Waals surface area contributed by atoms with Crippen LogP contribution in [0.3, 0.4) is 0 Å². The van der Waals surface area contributed by atoms with Crippen LogP contribution in [0.2, 0.25) is 0 Å². The summed E-state index contributed by atoms with van der Waals surface area (Å²) in [6, 6.07) is 23.4. The van der Waals surface area contributed by atoms with E-state index < -0.39 is 0 Å². The van der Waals surface area contributed by atoms with Gasteiger partial charge in [0.05, 0.1) is 12.1 Å². The number of rotatable bonds is 3. The highest BCUT2D eigenvalue weighted by atomic mass is 35.5. The van der Waals surface area contributed by atoms with Gasteiger partial charge in [-0.3, -0.25) is 4.90 Å². The fourth-order valence-corrected chi connectivity index (χ4v) is 2.99. The summed E-state index contributed by atoms with van der Waals surface area (Å²) in [5, 5.41) is 12.8. The molecule has 0 unspecified atom stereocenters. The van der Waals surface area contributed by atoms with Gasteiger partial charge in [-0.1, -0.05) is 60.7 Å². The zero-order valence-electron chi connectivity index (χ0n) is 12.8. The van der Waals surface area contributed by atoms with Gasteiger partial charge in [-0.05, 0) is 11.1 Å². The molecule has 0 aliphatic carbocycles. The molecule has 0 saturated carbocycles. The predicted octanol–water partition coefficient (Wildman–Crippen LogP) is 3.42. The third-order valence-corrected chi connectivity index (χ3v) is 4.00. The van der Waals surface area contributed by atoms with Crippen LogP contribution in [0.15, 0.2) is 60.7 Å². The molecule has 1 atom stereocenters. The van der Waals surface area contributed by atoms with Crippen molar-refractivity contribution >= 4 is 24.8 Å². The highest BCUT2D eigenvalue weighted by Crippen LogP contribution is 2.30. The van der Waals surface area contributed by atoms with Gasteiger partial charge in [-0.15, -0.1) is 24.8 Å². The summed E-state index contributed by atoms with van der Waals surface area (Å²) in [7, 11) is 0. The summed E-state index contributed by atoms with van der Waals surface area (Å²) in [6.45, 7) is 2.54. The van der Waals surface area contributed by atoms with Gasteiger partial charge in [0, 0.05) is 19.6 Å². The van der Waals surface area contributed by atoms with Gasteiger partial charge in [-0.25, -0.2) is 0 Å². The molecular weight excluding hydrogens is 329 g/mol. The smallest absolute Gasteiger partial charge is 0.111 e. The van der Waals surface area contributed by atoms with Gasteiger partial charge in [0.25, 0.3) is 0 Å². The van der Waals surface area contributed by atoms with Crippen molar-refractivity contribution < 1.29 is 0 Å². The number of nitrogens with one attached hydrogen (secondary N) is 1. The van der Waals surface area contributed by atoms with Crippen molar-refractivity contribution in [1.82, 2.24) is 10.2 Å². The Morgan fingerprint density at radius 2 is 1.48 bits per heavy atom. The van der Waals surface area contributed by atoms with E-state index in [1.165, 1.54) is 11.1 Å². The maximum absolute atomic E-state index is 9.47. The van der Waals surface area contributed by atoms with E-state index in [1.807, 2.05) is 12.1 Å². The molecule has 0 spiro atoms. The van der Waals surface area contributed by atoms with E-state index in [2.05, 4.69) is 64.8 Å². The lowest BCUT2D eigenvalue weighted by atomic mass is 9.95. The molecule has 2 aromatic carbocycles. The van der Waals surface area contributed by atoms with Crippen LogP contribution in [0.1, 0.15) is 17.2 Å². The molecule has 3 nitrogen and oxygen atoms in total. The molecule has 5 heteroatoms. The van der Waals surface area contributed by atoms with Gasteiger partial charge in [0.2, 0.25) is 0 Å². The molecule has 1 N–H and O–H groups in total. The van der Waals surface area contributed by atoms with Crippen LogP contribution in [-0.2, 0) is 0 Å². The summed E-state index contributed by atoms with van der Waals surface area (Å²) in [6.07, 6.45) is 0. The Kier molecular flexibility index (Phi) is 8.08. The quantitative estimate of drug-likeness (QED) is 0.922. The molecule has 122 valence electrons. The van der Waals surface area contributed by atoms with Crippen molar-refractivity contribution in [3.05, 3.63) is 71.8 Å². The Morgan fingerprint density at radius 3 is 1.96 bits per heavy atom. The highest BCUT2D eigenvalue weighted by Gasteiger charge is 2.30. The number of hydrogen-bond donors (Lipinski definition) is 1.